The van der Waals surface area contributed by atoms with E-state index in [2.05, 4.69) is 20.5 Å². The zero-order valence-electron chi connectivity index (χ0n) is 7.81. The summed E-state index contributed by atoms with van der Waals surface area (Å²) in [5.74, 6) is 1.04. The second-order valence-electron chi connectivity index (χ2n) is 2.76. The van der Waals surface area contributed by atoms with Crippen LogP contribution in [0, 0.1) is 0 Å². The van der Waals surface area contributed by atoms with Crippen molar-refractivity contribution in [2.75, 3.05) is 11.2 Å². The van der Waals surface area contributed by atoms with Crippen molar-refractivity contribution >= 4 is 29.0 Å². The molecule has 2 heterocycles. The Labute approximate surface area is 95.5 Å². The number of rotatable bonds is 5. The highest BCUT2D eigenvalue weighted by Crippen LogP contribution is 2.10. The lowest BCUT2D eigenvalue weighted by Crippen LogP contribution is -1.97. The summed E-state index contributed by atoms with van der Waals surface area (Å²) in [5, 5.41) is 10.7. The van der Waals surface area contributed by atoms with E-state index < -0.39 is 0 Å². The normalized spacial score (nSPS) is 10.5. The molecule has 80 valence electrons. The molecule has 0 spiro atoms. The van der Waals surface area contributed by atoms with Crippen molar-refractivity contribution in [3.8, 4) is 0 Å². The fourth-order valence-electron chi connectivity index (χ4n) is 0.999. The van der Waals surface area contributed by atoms with Crippen LogP contribution in [0.25, 0.3) is 0 Å². The third kappa shape index (κ3) is 2.90. The lowest BCUT2D eigenvalue weighted by Gasteiger charge is -1.96. The maximum absolute atomic E-state index is 5.55. The van der Waals surface area contributed by atoms with Crippen LogP contribution in [0.1, 0.15) is 10.8 Å². The van der Waals surface area contributed by atoms with Crippen LogP contribution in [0.4, 0.5) is 6.01 Å². The van der Waals surface area contributed by atoms with Crippen molar-refractivity contribution in [1.82, 2.24) is 15.2 Å². The largest absolute Gasteiger partial charge is 0.408 e. The molecule has 2 rings (SSSR count). The van der Waals surface area contributed by atoms with Crippen LogP contribution in [-0.4, -0.2) is 21.1 Å². The van der Waals surface area contributed by atoms with E-state index in [1.165, 1.54) is 0 Å². The maximum atomic E-state index is 5.55. The topological polar surface area (TPSA) is 63.8 Å². The minimum absolute atomic E-state index is 0.420. The van der Waals surface area contributed by atoms with E-state index in [0.29, 0.717) is 30.8 Å². The summed E-state index contributed by atoms with van der Waals surface area (Å²) in [5.41, 5.74) is 1.78. The van der Waals surface area contributed by atoms with Gasteiger partial charge in [0.2, 0.25) is 5.89 Å². The van der Waals surface area contributed by atoms with Crippen LogP contribution in [0.2, 0.25) is 0 Å². The van der Waals surface area contributed by atoms with E-state index in [4.69, 9.17) is 16.0 Å². The van der Waals surface area contributed by atoms with Crippen LogP contribution in [0.3, 0.4) is 0 Å². The standard InChI is InChI=1S/C8H9ClN4OS/c9-2-1-7-12-13-8(14-7)11-4-6-3-10-5-15-6/h3,5H,1-2,4H2,(H,11,13). The van der Waals surface area contributed by atoms with Crippen molar-refractivity contribution in [1.29, 1.82) is 0 Å². The maximum Gasteiger partial charge on any atom is 0.315 e. The monoisotopic (exact) mass is 244 g/mol. The number of aryl methyl sites for hydroxylation is 1. The van der Waals surface area contributed by atoms with Gasteiger partial charge >= 0.3 is 6.01 Å². The smallest absolute Gasteiger partial charge is 0.315 e. The van der Waals surface area contributed by atoms with Gasteiger partial charge in [0.1, 0.15) is 0 Å². The van der Waals surface area contributed by atoms with E-state index >= 15 is 0 Å². The highest BCUT2D eigenvalue weighted by atomic mass is 35.5. The van der Waals surface area contributed by atoms with Crippen molar-refractivity contribution in [2.24, 2.45) is 0 Å². The van der Waals surface area contributed by atoms with Gasteiger partial charge in [-0.3, -0.25) is 4.98 Å². The highest BCUT2D eigenvalue weighted by molar-refractivity contribution is 7.09. The number of nitrogens with zero attached hydrogens (tertiary/aromatic N) is 3. The molecule has 0 radical (unpaired) electrons. The molecular formula is C8H9ClN4OS. The van der Waals surface area contributed by atoms with Crippen LogP contribution in [0.15, 0.2) is 16.1 Å². The number of hydrogen-bond acceptors (Lipinski definition) is 6. The molecule has 0 bridgehead atoms. The van der Waals surface area contributed by atoms with E-state index in [-0.39, 0.29) is 0 Å². The Morgan fingerprint density at radius 3 is 3.13 bits per heavy atom. The van der Waals surface area contributed by atoms with Crippen LogP contribution in [0.5, 0.6) is 0 Å². The highest BCUT2D eigenvalue weighted by Gasteiger charge is 2.04. The molecule has 0 saturated carbocycles. The van der Waals surface area contributed by atoms with E-state index in [1.54, 1.807) is 23.0 Å². The Morgan fingerprint density at radius 1 is 1.47 bits per heavy atom. The Balaban J connectivity index is 1.88. The van der Waals surface area contributed by atoms with Gasteiger partial charge in [-0.05, 0) is 0 Å². The molecule has 0 saturated heterocycles. The Kier molecular flexibility index (Phi) is 3.52. The molecule has 0 aliphatic rings. The molecule has 1 N–H and O–H groups in total. The fraction of sp³-hybridized carbons (Fsp3) is 0.375. The van der Waals surface area contributed by atoms with Crippen LogP contribution < -0.4 is 5.32 Å². The number of anilines is 1. The van der Waals surface area contributed by atoms with Crippen molar-refractivity contribution < 1.29 is 4.42 Å². The van der Waals surface area contributed by atoms with E-state index in [9.17, 15) is 0 Å². The molecule has 0 aliphatic heterocycles. The lowest BCUT2D eigenvalue weighted by molar-refractivity contribution is 0.512. The fourth-order valence-corrected chi connectivity index (χ4v) is 1.70. The number of nitrogens with one attached hydrogen (secondary N) is 1. The van der Waals surface area contributed by atoms with Crippen LogP contribution >= 0.6 is 22.9 Å². The first-order valence-electron chi connectivity index (χ1n) is 4.38. The molecule has 7 heteroatoms. The number of thiazole rings is 1. The molecule has 0 atom stereocenters. The summed E-state index contributed by atoms with van der Waals surface area (Å²) >= 11 is 7.12. The summed E-state index contributed by atoms with van der Waals surface area (Å²) in [4.78, 5) is 5.08. The first-order chi connectivity index (χ1) is 7.38. The molecular weight excluding hydrogens is 236 g/mol. The quantitative estimate of drug-likeness (QED) is 0.814. The summed E-state index contributed by atoms with van der Waals surface area (Å²) < 4.78 is 5.29. The predicted octanol–water partition coefficient (Wildman–Crippen LogP) is 1.92. The van der Waals surface area contributed by atoms with Gasteiger partial charge < -0.3 is 9.73 Å². The predicted molar refractivity (Wildman–Crippen MR) is 58.2 cm³/mol. The first kappa shape index (κ1) is 10.4. The van der Waals surface area contributed by atoms with Gasteiger partial charge in [-0.1, -0.05) is 5.10 Å². The molecule has 0 fully saturated rings. The van der Waals surface area contributed by atoms with Gasteiger partial charge in [-0.25, -0.2) is 0 Å². The molecule has 5 nitrogen and oxygen atoms in total. The second kappa shape index (κ2) is 5.09. The number of aromatic nitrogens is 3. The van der Waals surface area contributed by atoms with Gasteiger partial charge in [0.25, 0.3) is 0 Å². The average Bonchev–Trinajstić information content (AvgIpc) is 2.85. The average molecular weight is 245 g/mol. The zero-order chi connectivity index (χ0) is 10.5. The molecule has 15 heavy (non-hydrogen) atoms. The number of alkyl halides is 1. The summed E-state index contributed by atoms with van der Waals surface area (Å²) in [6.45, 7) is 0.646. The van der Waals surface area contributed by atoms with Crippen molar-refractivity contribution in [3.63, 3.8) is 0 Å². The Bertz CT molecular complexity index is 402. The summed E-state index contributed by atoms with van der Waals surface area (Å²) in [6, 6.07) is 0.420. The van der Waals surface area contributed by atoms with Gasteiger partial charge in [0.15, 0.2) is 0 Å². The lowest BCUT2D eigenvalue weighted by atomic mass is 10.5. The second-order valence-corrected chi connectivity index (χ2v) is 4.11. The molecule has 2 aromatic rings. The minimum atomic E-state index is 0.420. The van der Waals surface area contributed by atoms with Gasteiger partial charge in [0.05, 0.1) is 12.1 Å². The van der Waals surface area contributed by atoms with Gasteiger partial charge in [-0.15, -0.1) is 28.0 Å². The summed E-state index contributed by atoms with van der Waals surface area (Å²) in [7, 11) is 0. The third-order valence-corrected chi connectivity index (χ3v) is 2.64. The molecule has 2 aromatic heterocycles. The van der Waals surface area contributed by atoms with Crippen molar-refractivity contribution in [3.05, 3.63) is 22.5 Å². The Hall–Kier alpha value is -1.14. The first-order valence-corrected chi connectivity index (χ1v) is 5.79. The van der Waals surface area contributed by atoms with E-state index in [0.717, 1.165) is 4.88 Å². The molecule has 0 aromatic carbocycles. The number of halogens is 1. The zero-order valence-corrected chi connectivity index (χ0v) is 9.38. The van der Waals surface area contributed by atoms with Crippen molar-refractivity contribution in [2.45, 2.75) is 13.0 Å². The van der Waals surface area contributed by atoms with E-state index in [1.807, 2.05) is 0 Å². The minimum Gasteiger partial charge on any atom is -0.408 e. The third-order valence-electron chi connectivity index (χ3n) is 1.67. The molecule has 0 amide bonds. The summed E-state index contributed by atoms with van der Waals surface area (Å²) in [6.07, 6.45) is 2.39. The molecule has 0 unspecified atom stereocenters. The number of hydrogen-bond donors (Lipinski definition) is 1. The Morgan fingerprint density at radius 2 is 2.40 bits per heavy atom. The molecule has 0 aliphatic carbocycles. The van der Waals surface area contributed by atoms with Crippen LogP contribution in [-0.2, 0) is 13.0 Å². The van der Waals surface area contributed by atoms with Gasteiger partial charge in [0, 0.05) is 23.4 Å². The SMILES string of the molecule is ClCCc1nnc(NCc2cncs2)o1. The van der Waals surface area contributed by atoms with Gasteiger partial charge in [-0.2, -0.15) is 0 Å².